The average Bonchev–Trinajstić information content (AvgIpc) is 2.87. The lowest BCUT2D eigenvalue weighted by Gasteiger charge is -2.20. The number of rotatable bonds is 4. The van der Waals surface area contributed by atoms with Crippen molar-refractivity contribution in [3.8, 4) is 5.69 Å². The Hall–Kier alpha value is -2.63. The van der Waals surface area contributed by atoms with Crippen LogP contribution in [0.3, 0.4) is 0 Å². The Morgan fingerprint density at radius 2 is 1.82 bits per heavy atom. The quantitative estimate of drug-likeness (QED) is 0.937. The summed E-state index contributed by atoms with van der Waals surface area (Å²) in [5.74, 6) is -1.46. The fourth-order valence-corrected chi connectivity index (χ4v) is 2.05. The molecule has 0 bridgehead atoms. The highest BCUT2D eigenvalue weighted by molar-refractivity contribution is 5.94. The van der Waals surface area contributed by atoms with Gasteiger partial charge in [-0.2, -0.15) is 5.10 Å². The number of amides is 1. The monoisotopic (exact) mass is 301 g/mol. The number of aromatic nitrogens is 2. The minimum atomic E-state index is -1.05. The van der Waals surface area contributed by atoms with E-state index in [-0.39, 0.29) is 5.69 Å². The Morgan fingerprint density at radius 3 is 2.36 bits per heavy atom. The normalized spacial score (nSPS) is 12.0. The van der Waals surface area contributed by atoms with Gasteiger partial charge in [-0.25, -0.2) is 9.48 Å². The Morgan fingerprint density at radius 1 is 1.23 bits per heavy atom. The SMILES string of the molecule is Cc1ccc(-n2nc(C(=O)N(C)C(C)C(=O)O)cc2C)cc1. The van der Waals surface area contributed by atoms with Gasteiger partial charge in [-0.3, -0.25) is 4.79 Å². The third-order valence-electron chi connectivity index (χ3n) is 3.64. The first-order valence-corrected chi connectivity index (χ1v) is 6.95. The number of carbonyl (C=O) groups is 2. The van der Waals surface area contributed by atoms with Gasteiger partial charge in [-0.05, 0) is 39.0 Å². The van der Waals surface area contributed by atoms with E-state index < -0.39 is 17.9 Å². The standard InChI is InChI=1S/C16H19N3O3/c1-10-5-7-13(8-6-10)19-11(2)9-14(17-19)15(20)18(4)12(3)16(21)22/h5-9,12H,1-4H3,(H,21,22). The number of nitrogens with zero attached hydrogens (tertiary/aromatic N) is 3. The number of carboxylic acid groups (broad SMARTS) is 1. The molecule has 1 unspecified atom stereocenters. The van der Waals surface area contributed by atoms with Crippen molar-refractivity contribution in [1.29, 1.82) is 0 Å². The molecular formula is C16H19N3O3. The first-order valence-electron chi connectivity index (χ1n) is 6.95. The van der Waals surface area contributed by atoms with Crippen LogP contribution in [0.5, 0.6) is 0 Å². The van der Waals surface area contributed by atoms with Gasteiger partial charge in [0, 0.05) is 12.7 Å². The van der Waals surface area contributed by atoms with Crippen molar-refractivity contribution < 1.29 is 14.7 Å². The molecule has 0 fully saturated rings. The molecule has 0 aliphatic carbocycles. The summed E-state index contributed by atoms with van der Waals surface area (Å²) >= 11 is 0. The van der Waals surface area contributed by atoms with Crippen molar-refractivity contribution in [3.63, 3.8) is 0 Å². The molecule has 0 aliphatic rings. The minimum Gasteiger partial charge on any atom is -0.480 e. The number of hydrogen-bond acceptors (Lipinski definition) is 3. The number of carbonyl (C=O) groups excluding carboxylic acids is 1. The third-order valence-corrected chi connectivity index (χ3v) is 3.64. The third kappa shape index (κ3) is 3.00. The van der Waals surface area contributed by atoms with Gasteiger partial charge in [0.05, 0.1) is 5.69 Å². The number of benzene rings is 1. The van der Waals surface area contributed by atoms with Crippen LogP contribution in [0.25, 0.3) is 5.69 Å². The molecule has 2 rings (SSSR count). The summed E-state index contributed by atoms with van der Waals surface area (Å²) in [6, 6.07) is 8.54. The smallest absolute Gasteiger partial charge is 0.326 e. The van der Waals surface area contributed by atoms with Gasteiger partial charge in [0.25, 0.3) is 5.91 Å². The van der Waals surface area contributed by atoms with Gasteiger partial charge in [0.15, 0.2) is 5.69 Å². The molecule has 1 amide bonds. The zero-order chi connectivity index (χ0) is 16.4. The molecule has 116 valence electrons. The molecule has 0 radical (unpaired) electrons. The van der Waals surface area contributed by atoms with Crippen molar-refractivity contribution >= 4 is 11.9 Å². The number of aliphatic carboxylic acids is 1. The van der Waals surface area contributed by atoms with Gasteiger partial charge in [-0.1, -0.05) is 17.7 Å². The summed E-state index contributed by atoms with van der Waals surface area (Å²) in [5.41, 5.74) is 3.04. The van der Waals surface area contributed by atoms with Crippen LogP contribution in [-0.4, -0.2) is 44.8 Å². The molecule has 0 saturated carbocycles. The molecule has 2 aromatic rings. The fraction of sp³-hybridized carbons (Fsp3) is 0.312. The van der Waals surface area contributed by atoms with E-state index in [1.165, 1.54) is 18.9 Å². The largest absolute Gasteiger partial charge is 0.480 e. The molecule has 6 heteroatoms. The van der Waals surface area contributed by atoms with E-state index in [9.17, 15) is 9.59 Å². The highest BCUT2D eigenvalue weighted by Crippen LogP contribution is 2.14. The van der Waals surface area contributed by atoms with Gasteiger partial charge >= 0.3 is 5.97 Å². The average molecular weight is 301 g/mol. The molecular weight excluding hydrogens is 282 g/mol. The van der Waals surface area contributed by atoms with Crippen LogP contribution in [-0.2, 0) is 4.79 Å². The molecule has 1 atom stereocenters. The molecule has 6 nitrogen and oxygen atoms in total. The van der Waals surface area contributed by atoms with E-state index >= 15 is 0 Å². The van der Waals surface area contributed by atoms with Crippen LogP contribution in [0.15, 0.2) is 30.3 Å². The lowest BCUT2D eigenvalue weighted by molar-refractivity contribution is -0.141. The van der Waals surface area contributed by atoms with Gasteiger partial charge in [0.2, 0.25) is 0 Å². The maximum atomic E-state index is 12.3. The van der Waals surface area contributed by atoms with E-state index in [1.54, 1.807) is 10.7 Å². The molecule has 0 aliphatic heterocycles. The van der Waals surface area contributed by atoms with E-state index in [0.29, 0.717) is 0 Å². The van der Waals surface area contributed by atoms with Crippen molar-refractivity contribution in [1.82, 2.24) is 14.7 Å². The summed E-state index contributed by atoms with van der Waals surface area (Å²) in [6.07, 6.45) is 0. The molecule has 0 saturated heterocycles. The summed E-state index contributed by atoms with van der Waals surface area (Å²) in [4.78, 5) is 24.5. The highest BCUT2D eigenvalue weighted by Gasteiger charge is 2.25. The maximum absolute atomic E-state index is 12.3. The van der Waals surface area contributed by atoms with Gasteiger partial charge in [0.1, 0.15) is 6.04 Å². The Kier molecular flexibility index (Phi) is 4.30. The molecule has 0 spiro atoms. The second kappa shape index (κ2) is 6.01. The Bertz CT molecular complexity index is 704. The van der Waals surface area contributed by atoms with E-state index in [1.807, 2.05) is 38.1 Å². The summed E-state index contributed by atoms with van der Waals surface area (Å²) in [5, 5.41) is 13.3. The second-order valence-electron chi connectivity index (χ2n) is 5.35. The number of aryl methyl sites for hydroxylation is 2. The number of carboxylic acids is 1. The lowest BCUT2D eigenvalue weighted by Crippen LogP contribution is -2.40. The lowest BCUT2D eigenvalue weighted by atomic mass is 10.2. The molecule has 1 heterocycles. The topological polar surface area (TPSA) is 75.4 Å². The van der Waals surface area contributed by atoms with Gasteiger partial charge < -0.3 is 10.0 Å². The first kappa shape index (κ1) is 15.8. The maximum Gasteiger partial charge on any atom is 0.326 e. The van der Waals surface area contributed by atoms with Crippen molar-refractivity contribution in [2.75, 3.05) is 7.05 Å². The van der Waals surface area contributed by atoms with E-state index in [2.05, 4.69) is 5.10 Å². The van der Waals surface area contributed by atoms with E-state index in [0.717, 1.165) is 16.9 Å². The van der Waals surface area contributed by atoms with Gasteiger partial charge in [-0.15, -0.1) is 0 Å². The summed E-state index contributed by atoms with van der Waals surface area (Å²) in [6.45, 7) is 5.31. The second-order valence-corrected chi connectivity index (χ2v) is 5.35. The number of likely N-dealkylation sites (N-methyl/N-ethyl adjacent to an activating group) is 1. The van der Waals surface area contributed by atoms with Crippen LogP contribution in [0.4, 0.5) is 0 Å². The van der Waals surface area contributed by atoms with Crippen LogP contribution in [0, 0.1) is 13.8 Å². The zero-order valence-corrected chi connectivity index (χ0v) is 13.1. The molecule has 22 heavy (non-hydrogen) atoms. The fourth-order valence-electron chi connectivity index (χ4n) is 2.05. The van der Waals surface area contributed by atoms with Crippen LogP contribution >= 0.6 is 0 Å². The zero-order valence-electron chi connectivity index (χ0n) is 13.1. The highest BCUT2D eigenvalue weighted by atomic mass is 16.4. The molecule has 1 aromatic carbocycles. The molecule has 1 N–H and O–H groups in total. The van der Waals surface area contributed by atoms with Crippen molar-refractivity contribution in [2.24, 2.45) is 0 Å². The van der Waals surface area contributed by atoms with E-state index in [4.69, 9.17) is 5.11 Å². The summed E-state index contributed by atoms with van der Waals surface area (Å²) in [7, 11) is 1.46. The minimum absolute atomic E-state index is 0.230. The Labute approximate surface area is 129 Å². The molecule has 1 aromatic heterocycles. The van der Waals surface area contributed by atoms with Crippen LogP contribution in [0.1, 0.15) is 28.7 Å². The number of hydrogen-bond donors (Lipinski definition) is 1. The Balaban J connectivity index is 2.31. The summed E-state index contributed by atoms with van der Waals surface area (Å²) < 4.78 is 1.67. The predicted molar refractivity (Wildman–Crippen MR) is 82.2 cm³/mol. The van der Waals surface area contributed by atoms with Crippen molar-refractivity contribution in [2.45, 2.75) is 26.8 Å². The van der Waals surface area contributed by atoms with Crippen LogP contribution < -0.4 is 0 Å². The van der Waals surface area contributed by atoms with Crippen LogP contribution in [0.2, 0.25) is 0 Å². The van der Waals surface area contributed by atoms with Crippen molar-refractivity contribution in [3.05, 3.63) is 47.3 Å². The first-order chi connectivity index (χ1) is 10.3. The predicted octanol–water partition coefficient (Wildman–Crippen LogP) is 2.03.